The minimum atomic E-state index is -4.40. The van der Waals surface area contributed by atoms with Crippen molar-refractivity contribution in [3.8, 4) is 11.5 Å². The van der Waals surface area contributed by atoms with Crippen LogP contribution in [-0.2, 0) is 109 Å². The molecular weight excluding hydrogens is 1580 g/mol. The Balaban J connectivity index is 1.64. The number of nitrogens with two attached hydrogens (primary N) is 3. The van der Waals surface area contributed by atoms with Crippen molar-refractivity contribution < 1.29 is 108 Å². The number of guanidine groups is 2. The highest BCUT2D eigenvalue weighted by Gasteiger charge is 2.41. The summed E-state index contributed by atoms with van der Waals surface area (Å²) in [6, 6.07) is -16.2. The molecule has 118 heavy (non-hydrogen) atoms. The van der Waals surface area contributed by atoms with Gasteiger partial charge in [0.2, 0.25) is 65.1 Å². The van der Waals surface area contributed by atoms with E-state index in [2.05, 4.69) is 67.3 Å². The van der Waals surface area contributed by atoms with E-state index in [0.717, 1.165) is 13.8 Å². The molecule has 9 amide bonds. The molecule has 2 aliphatic rings. The van der Waals surface area contributed by atoms with Gasteiger partial charge in [0, 0.05) is 37.1 Å². The molecule has 0 saturated heterocycles. The van der Waals surface area contributed by atoms with Crippen molar-refractivity contribution >= 4 is 109 Å². The number of benzene rings is 2. The molecular formula is C77H122N16O23S2. The zero-order valence-electron chi connectivity index (χ0n) is 71.9. The predicted octanol–water partition coefficient (Wildman–Crippen LogP) is 0.481. The van der Waals surface area contributed by atoms with Crippen LogP contribution in [0, 0.1) is 41.5 Å². The Labute approximate surface area is 689 Å². The SMILES string of the molecule is Cc1c(C)c(S(=O)(=O)NC(N)=NCCC[C@H](NC(=O)[C@H](C)NC(=O)[C@H](CC(=O)OC(C)(C)C)NC(=O)[C@H](C)NC(=O)[C@H](CCCN=C(N)NS(=O)(=O)c2c(C)c(C)c3c(c2C)CC(C)(C)O3)NC(=O)[C@H](C)NC(=O)[C@@H](N)CC(=O)OC(C)(C)C)C(=O)N[C@@H](C)C(=O)N[C@@H](CC(=O)OC(C)(C)C)C(=O)N[C@@H](C)C(=O)O)c(C)c2c1OC(C)(C)C2. The minimum absolute atomic E-state index is 0.0239. The molecule has 0 aliphatic carbocycles. The monoisotopic (exact) mass is 1700 g/mol. The van der Waals surface area contributed by atoms with Crippen LogP contribution in [0.25, 0.3) is 0 Å². The molecule has 0 saturated carbocycles. The number of aliphatic imine (C=N–C) groups is 2. The summed E-state index contributed by atoms with van der Waals surface area (Å²) < 4.78 is 89.0. The average molecular weight is 1700 g/mol. The van der Waals surface area contributed by atoms with Crippen LogP contribution < -0.4 is 84.0 Å². The molecule has 0 fully saturated rings. The largest absolute Gasteiger partial charge is 0.487 e. The molecule has 0 unspecified atom stereocenters. The van der Waals surface area contributed by atoms with Gasteiger partial charge in [-0.05, 0) is 225 Å². The van der Waals surface area contributed by atoms with Crippen LogP contribution in [0.2, 0.25) is 0 Å². The molecule has 660 valence electrons. The highest BCUT2D eigenvalue weighted by atomic mass is 32.2. The minimum Gasteiger partial charge on any atom is -0.487 e. The van der Waals surface area contributed by atoms with E-state index in [0.29, 0.717) is 68.8 Å². The predicted molar refractivity (Wildman–Crippen MR) is 433 cm³/mol. The number of nitrogens with zero attached hydrogens (tertiary/aromatic N) is 2. The number of esters is 3. The van der Waals surface area contributed by atoms with E-state index in [1.54, 1.807) is 62.3 Å². The number of carboxylic acid groups (broad SMARTS) is 1. The highest BCUT2D eigenvalue weighted by molar-refractivity contribution is 7.90. The topological polar surface area (TPSA) is 592 Å². The number of sulfonamides is 2. The van der Waals surface area contributed by atoms with Gasteiger partial charge in [0.25, 0.3) is 20.0 Å². The van der Waals surface area contributed by atoms with Crippen molar-refractivity contribution in [1.29, 1.82) is 0 Å². The van der Waals surface area contributed by atoms with Crippen LogP contribution in [0.1, 0.15) is 214 Å². The van der Waals surface area contributed by atoms with Crippen molar-refractivity contribution in [1.82, 2.24) is 57.3 Å². The summed E-state index contributed by atoms with van der Waals surface area (Å²) in [5.74, 6) is -13.9. The molecule has 0 spiro atoms. The second kappa shape index (κ2) is 40.3. The Morgan fingerprint density at radius 1 is 0.415 bits per heavy atom. The lowest BCUT2D eigenvalue weighted by Crippen LogP contribution is -2.60. The number of carbonyl (C=O) groups is 13. The highest BCUT2D eigenvalue weighted by Crippen LogP contribution is 2.45. The summed E-state index contributed by atoms with van der Waals surface area (Å²) in [4.78, 5) is 185. The van der Waals surface area contributed by atoms with Gasteiger partial charge in [0.05, 0.1) is 35.1 Å². The van der Waals surface area contributed by atoms with Crippen molar-refractivity contribution in [2.75, 3.05) is 13.1 Å². The number of aliphatic carboxylic acids is 1. The van der Waals surface area contributed by atoms with Gasteiger partial charge >= 0.3 is 23.9 Å². The Kier molecular flexibility index (Phi) is 34.2. The first kappa shape index (κ1) is 99.9. The van der Waals surface area contributed by atoms with Crippen molar-refractivity contribution in [3.63, 3.8) is 0 Å². The third-order valence-corrected chi connectivity index (χ3v) is 21.7. The number of carbonyl (C=O) groups excluding carboxylic acids is 12. The zero-order valence-corrected chi connectivity index (χ0v) is 73.6. The molecule has 4 rings (SSSR count). The van der Waals surface area contributed by atoms with Crippen LogP contribution in [0.3, 0.4) is 0 Å². The normalized spacial score (nSPS) is 16.4. The Morgan fingerprint density at radius 3 is 0.983 bits per heavy atom. The second-order valence-corrected chi connectivity index (χ2v) is 37.1. The van der Waals surface area contributed by atoms with Crippen molar-refractivity contribution in [3.05, 3.63) is 44.5 Å². The van der Waals surface area contributed by atoms with E-state index in [9.17, 15) is 84.3 Å². The van der Waals surface area contributed by atoms with Crippen LogP contribution in [0.5, 0.6) is 11.5 Å². The number of amides is 9. The molecule has 0 radical (unpaired) electrons. The summed E-state index contributed by atoms with van der Waals surface area (Å²) in [5.41, 5.74) is 18.3. The maximum Gasteiger partial charge on any atom is 0.325 e. The van der Waals surface area contributed by atoms with Gasteiger partial charge in [-0.15, -0.1) is 0 Å². The average Bonchev–Trinajstić information content (AvgIpc) is 1.56. The summed E-state index contributed by atoms with van der Waals surface area (Å²) in [6.45, 7) is 36.8. The van der Waals surface area contributed by atoms with Gasteiger partial charge in [0.1, 0.15) is 93.9 Å². The van der Waals surface area contributed by atoms with Crippen LogP contribution >= 0.6 is 0 Å². The molecule has 2 aromatic carbocycles. The van der Waals surface area contributed by atoms with E-state index in [-0.39, 0.29) is 48.6 Å². The third-order valence-electron chi connectivity index (χ3n) is 18.5. The number of hydrogen-bond donors (Lipinski definition) is 15. The summed E-state index contributed by atoms with van der Waals surface area (Å²) in [7, 11) is -8.76. The first-order valence-electron chi connectivity index (χ1n) is 38.5. The van der Waals surface area contributed by atoms with Gasteiger partial charge < -0.3 is 93.8 Å². The van der Waals surface area contributed by atoms with Gasteiger partial charge in [-0.2, -0.15) is 0 Å². The summed E-state index contributed by atoms with van der Waals surface area (Å²) >= 11 is 0. The molecule has 18 N–H and O–H groups in total. The smallest absolute Gasteiger partial charge is 0.325 e. The molecule has 2 heterocycles. The van der Waals surface area contributed by atoms with Crippen LogP contribution in [0.15, 0.2) is 19.8 Å². The number of fused-ring (bicyclic) bond motifs is 2. The number of rotatable bonds is 37. The van der Waals surface area contributed by atoms with E-state index < -0.39 is 217 Å². The lowest BCUT2D eigenvalue weighted by atomic mass is 9.94. The number of ether oxygens (including phenoxy) is 5. The van der Waals surface area contributed by atoms with Crippen LogP contribution in [-0.4, -0.2) is 212 Å². The first-order chi connectivity index (χ1) is 53.9. The molecule has 39 nitrogen and oxygen atoms in total. The summed E-state index contributed by atoms with van der Waals surface area (Å²) in [6.07, 6.45) is -2.37. The van der Waals surface area contributed by atoms with E-state index >= 15 is 0 Å². The van der Waals surface area contributed by atoms with Crippen LogP contribution in [0.4, 0.5) is 0 Å². The number of hydrogen-bond acceptors (Lipinski definition) is 25. The number of nitrogens with one attached hydrogen (secondary N) is 11. The lowest BCUT2D eigenvalue weighted by Gasteiger charge is -2.27. The molecule has 41 heteroatoms. The second-order valence-electron chi connectivity index (χ2n) is 33.8. The molecule has 2 aliphatic heterocycles. The molecule has 0 aromatic heterocycles. The van der Waals surface area contributed by atoms with E-state index in [1.165, 1.54) is 62.3 Å². The summed E-state index contributed by atoms with van der Waals surface area (Å²) in [5, 5.41) is 30.9. The fourth-order valence-electron chi connectivity index (χ4n) is 12.5. The Bertz CT molecular complexity index is 4480. The maximum absolute atomic E-state index is 14.4. The Hall–Kier alpha value is -10.5. The van der Waals surface area contributed by atoms with Gasteiger partial charge in [-0.3, -0.25) is 72.3 Å². The van der Waals surface area contributed by atoms with E-state index in [1.807, 2.05) is 27.7 Å². The van der Waals surface area contributed by atoms with Gasteiger partial charge in [0.15, 0.2) is 0 Å². The van der Waals surface area contributed by atoms with Crippen molar-refractivity contribution in [2.45, 2.75) is 322 Å². The third kappa shape index (κ3) is 29.9. The Morgan fingerprint density at radius 2 is 0.686 bits per heavy atom. The molecule has 0 bridgehead atoms. The maximum atomic E-state index is 14.4. The lowest BCUT2D eigenvalue weighted by molar-refractivity contribution is -0.157. The van der Waals surface area contributed by atoms with Gasteiger partial charge in [-0.1, -0.05) is 0 Å². The molecule has 2 aromatic rings. The zero-order chi connectivity index (χ0) is 90.4. The van der Waals surface area contributed by atoms with E-state index in [4.69, 9.17) is 40.9 Å². The van der Waals surface area contributed by atoms with Crippen molar-refractivity contribution in [2.24, 2.45) is 27.2 Å². The molecule has 10 atom stereocenters. The number of carboxylic acids is 1. The first-order valence-corrected chi connectivity index (χ1v) is 41.5. The fraction of sp³-hybridized carbons (Fsp3) is 0.649. The van der Waals surface area contributed by atoms with Gasteiger partial charge in [-0.25, -0.2) is 26.3 Å². The quantitative estimate of drug-likeness (QED) is 0.0144. The fourth-order valence-corrected chi connectivity index (χ4v) is 15.6. The standard InChI is InChI=1S/C77H122N16O23S2/c1-36-38(3)59(40(5)47-34-76(21,22)115-57(36)47)117(108,109)92-71(79)81-29-25-27-50(88-61(97)42(7)83-65(101)49(78)31-54(94)112-73(12,13)14)66(102)84-44(9)63(99)90-52(32-55(95)113-74(15,16)17)68(104)86-43(8)62(98)89-51(67(103)85-45(10)64(100)91-53(33-56(96)114-75(18,19)20)69(105)87-46(11)70(106)107)28-26-30-82-72(80)93-118(110,111)60-39(4)37(2)58-48(41(60)6)35-77(23,24)116-58/h42-46,49-53H,25-35,78H2,1-24H3,(H,83,101)(H,84,102)(H,85,103)(H,86,104)(H,87,105)(H,88,97)(H,89,98)(H,90,99)(H,91,100)(H,106,107)(H3,79,81,92)(H3,80,82,93)/t42-,43-,44-,45-,46-,49-,50-,51-,52-,53-/m0/s1.